The Kier molecular flexibility index (Phi) is 6.98. The van der Waals surface area contributed by atoms with E-state index in [4.69, 9.17) is 16.3 Å². The lowest BCUT2D eigenvalue weighted by Gasteiger charge is -2.24. The number of carbonyl (C=O) groups is 2. The van der Waals surface area contributed by atoms with Gasteiger partial charge in [-0.15, -0.1) is 0 Å². The summed E-state index contributed by atoms with van der Waals surface area (Å²) in [6.07, 6.45) is 0. The van der Waals surface area contributed by atoms with Crippen LogP contribution in [0.1, 0.15) is 31.8 Å². The summed E-state index contributed by atoms with van der Waals surface area (Å²) in [7, 11) is 1.61. The Balaban J connectivity index is 1.47. The molecule has 1 heterocycles. The minimum absolute atomic E-state index is 0.120. The molecule has 0 spiro atoms. The predicted molar refractivity (Wildman–Crippen MR) is 143 cm³/mol. The molecule has 0 aromatic heterocycles. The Morgan fingerprint density at radius 2 is 1.72 bits per heavy atom. The SMILES string of the molecule is COc1cccc(CNC(=O)c2ccc3c(c2)N(Cc2cccc(Cl)c2)C(=O)c2ccccc2S3)c1. The molecule has 5 nitrogen and oxygen atoms in total. The molecule has 180 valence electrons. The van der Waals surface area contributed by atoms with Crippen molar-refractivity contribution in [2.75, 3.05) is 12.0 Å². The molecule has 1 aliphatic rings. The molecule has 0 bridgehead atoms. The van der Waals surface area contributed by atoms with Gasteiger partial charge in [-0.2, -0.15) is 0 Å². The van der Waals surface area contributed by atoms with Gasteiger partial charge in [0.1, 0.15) is 5.75 Å². The number of hydrogen-bond acceptors (Lipinski definition) is 4. The topological polar surface area (TPSA) is 58.6 Å². The van der Waals surface area contributed by atoms with E-state index in [2.05, 4.69) is 5.32 Å². The van der Waals surface area contributed by atoms with Gasteiger partial charge in [0.15, 0.2) is 0 Å². The number of nitrogens with one attached hydrogen (secondary N) is 1. The van der Waals surface area contributed by atoms with E-state index >= 15 is 0 Å². The van der Waals surface area contributed by atoms with Crippen LogP contribution in [0.3, 0.4) is 0 Å². The van der Waals surface area contributed by atoms with Crippen LogP contribution >= 0.6 is 23.4 Å². The first-order valence-electron chi connectivity index (χ1n) is 11.4. The van der Waals surface area contributed by atoms with Gasteiger partial charge in [-0.05, 0) is 65.7 Å². The van der Waals surface area contributed by atoms with Crippen molar-refractivity contribution in [2.24, 2.45) is 0 Å². The second kappa shape index (κ2) is 10.5. The van der Waals surface area contributed by atoms with Crippen molar-refractivity contribution in [1.29, 1.82) is 0 Å². The number of benzene rings is 4. The Labute approximate surface area is 219 Å². The van der Waals surface area contributed by atoms with Crippen molar-refractivity contribution in [1.82, 2.24) is 5.32 Å². The van der Waals surface area contributed by atoms with Gasteiger partial charge in [0.2, 0.25) is 0 Å². The zero-order chi connectivity index (χ0) is 25.1. The zero-order valence-corrected chi connectivity index (χ0v) is 21.1. The zero-order valence-electron chi connectivity index (χ0n) is 19.5. The fourth-order valence-corrected chi connectivity index (χ4v) is 5.37. The molecule has 4 aromatic rings. The standard InChI is InChI=1S/C29H23ClN2O3S/c1-35-23-9-5-6-19(15-23)17-31-28(33)21-12-13-27-25(16-21)32(18-20-7-4-8-22(30)14-20)29(34)24-10-2-3-11-26(24)36-27/h2-16H,17-18H2,1H3,(H,31,33). The number of halogens is 1. The highest BCUT2D eigenvalue weighted by atomic mass is 35.5. The third-order valence-corrected chi connectivity index (χ3v) is 7.29. The molecule has 1 aliphatic heterocycles. The minimum Gasteiger partial charge on any atom is -0.497 e. The average molecular weight is 515 g/mol. The van der Waals surface area contributed by atoms with Gasteiger partial charge in [0, 0.05) is 26.9 Å². The van der Waals surface area contributed by atoms with Crippen molar-refractivity contribution < 1.29 is 14.3 Å². The van der Waals surface area contributed by atoms with Crippen molar-refractivity contribution in [3.8, 4) is 5.75 Å². The number of ether oxygens (including phenoxy) is 1. The highest BCUT2D eigenvalue weighted by Crippen LogP contribution is 2.42. The third kappa shape index (κ3) is 5.10. The molecule has 4 aromatic carbocycles. The largest absolute Gasteiger partial charge is 0.497 e. The fourth-order valence-electron chi connectivity index (χ4n) is 4.10. The first kappa shape index (κ1) is 24.0. The lowest BCUT2D eigenvalue weighted by atomic mass is 10.1. The number of rotatable bonds is 6. The number of methoxy groups -OCH3 is 1. The normalized spacial score (nSPS) is 12.4. The van der Waals surface area contributed by atoms with Crippen molar-refractivity contribution >= 4 is 40.9 Å². The monoisotopic (exact) mass is 514 g/mol. The maximum absolute atomic E-state index is 13.7. The van der Waals surface area contributed by atoms with Crippen LogP contribution in [0.15, 0.2) is 101 Å². The number of fused-ring (bicyclic) bond motifs is 2. The molecule has 7 heteroatoms. The summed E-state index contributed by atoms with van der Waals surface area (Å²) in [6.45, 7) is 0.689. The maximum Gasteiger partial charge on any atom is 0.259 e. The van der Waals surface area contributed by atoms with Crippen molar-refractivity contribution in [3.05, 3.63) is 118 Å². The van der Waals surface area contributed by atoms with Crippen LogP contribution in [0.5, 0.6) is 5.75 Å². The summed E-state index contributed by atoms with van der Waals surface area (Å²) < 4.78 is 5.26. The summed E-state index contributed by atoms with van der Waals surface area (Å²) in [6, 6.07) is 28.1. The van der Waals surface area contributed by atoms with Crippen LogP contribution in [0.2, 0.25) is 5.02 Å². The molecule has 0 saturated carbocycles. The second-order valence-electron chi connectivity index (χ2n) is 8.34. The molecule has 5 rings (SSSR count). The number of nitrogens with zero attached hydrogens (tertiary/aromatic N) is 1. The Bertz CT molecular complexity index is 1460. The molecule has 0 aliphatic carbocycles. The number of anilines is 1. The maximum atomic E-state index is 13.7. The van der Waals surface area contributed by atoms with Gasteiger partial charge in [-0.1, -0.05) is 59.8 Å². The van der Waals surface area contributed by atoms with E-state index in [-0.39, 0.29) is 11.8 Å². The molecule has 0 atom stereocenters. The summed E-state index contributed by atoms with van der Waals surface area (Å²) in [5.41, 5.74) is 3.63. The smallest absolute Gasteiger partial charge is 0.259 e. The van der Waals surface area contributed by atoms with Gasteiger partial charge in [0.05, 0.1) is 24.9 Å². The number of carbonyl (C=O) groups excluding carboxylic acids is 2. The average Bonchev–Trinajstić information content (AvgIpc) is 3.01. The van der Waals surface area contributed by atoms with Crippen LogP contribution in [-0.4, -0.2) is 18.9 Å². The van der Waals surface area contributed by atoms with Gasteiger partial charge in [-0.3, -0.25) is 9.59 Å². The molecule has 36 heavy (non-hydrogen) atoms. The Hall–Kier alpha value is -3.74. The highest BCUT2D eigenvalue weighted by molar-refractivity contribution is 7.99. The van der Waals surface area contributed by atoms with Gasteiger partial charge >= 0.3 is 0 Å². The van der Waals surface area contributed by atoms with E-state index in [0.29, 0.717) is 34.9 Å². The minimum atomic E-state index is -0.220. The molecule has 0 fully saturated rings. The summed E-state index contributed by atoms with van der Waals surface area (Å²) in [4.78, 5) is 30.3. The van der Waals surface area contributed by atoms with E-state index < -0.39 is 0 Å². The van der Waals surface area contributed by atoms with Crippen molar-refractivity contribution in [2.45, 2.75) is 22.9 Å². The Morgan fingerprint density at radius 1 is 0.917 bits per heavy atom. The van der Waals surface area contributed by atoms with E-state index in [9.17, 15) is 9.59 Å². The second-order valence-corrected chi connectivity index (χ2v) is 9.86. The Morgan fingerprint density at radius 3 is 2.56 bits per heavy atom. The molecular weight excluding hydrogens is 492 g/mol. The predicted octanol–water partition coefficient (Wildman–Crippen LogP) is 6.59. The summed E-state index contributed by atoms with van der Waals surface area (Å²) in [5, 5.41) is 3.57. The quantitative estimate of drug-likeness (QED) is 0.315. The number of hydrogen-bond donors (Lipinski definition) is 1. The van der Waals surface area contributed by atoms with Crippen molar-refractivity contribution in [3.63, 3.8) is 0 Å². The van der Waals surface area contributed by atoms with Crippen LogP contribution in [-0.2, 0) is 13.1 Å². The highest BCUT2D eigenvalue weighted by Gasteiger charge is 2.28. The van der Waals surface area contributed by atoms with E-state index in [0.717, 1.165) is 26.7 Å². The lowest BCUT2D eigenvalue weighted by Crippen LogP contribution is -2.31. The summed E-state index contributed by atoms with van der Waals surface area (Å²) in [5.74, 6) is 0.395. The van der Waals surface area contributed by atoms with E-state index in [1.54, 1.807) is 30.2 Å². The molecule has 2 amide bonds. The van der Waals surface area contributed by atoms with Gasteiger partial charge < -0.3 is 15.0 Å². The first-order valence-corrected chi connectivity index (χ1v) is 12.6. The molecule has 0 radical (unpaired) electrons. The van der Waals surface area contributed by atoms with Gasteiger partial charge in [0.25, 0.3) is 11.8 Å². The van der Waals surface area contributed by atoms with Crippen LogP contribution < -0.4 is 15.0 Å². The first-order chi connectivity index (χ1) is 17.5. The number of amides is 2. The van der Waals surface area contributed by atoms with Crippen LogP contribution in [0.25, 0.3) is 0 Å². The summed E-state index contributed by atoms with van der Waals surface area (Å²) >= 11 is 7.74. The van der Waals surface area contributed by atoms with Gasteiger partial charge in [-0.25, -0.2) is 0 Å². The van der Waals surface area contributed by atoms with Crippen LogP contribution in [0.4, 0.5) is 5.69 Å². The molecule has 1 N–H and O–H groups in total. The molecule has 0 unspecified atom stereocenters. The third-order valence-electron chi connectivity index (χ3n) is 5.91. The van der Waals surface area contributed by atoms with E-state index in [1.165, 1.54) is 11.8 Å². The molecule has 0 saturated heterocycles. The van der Waals surface area contributed by atoms with E-state index in [1.807, 2.05) is 72.8 Å². The van der Waals surface area contributed by atoms with Crippen LogP contribution in [0, 0.1) is 0 Å². The fraction of sp³-hybridized carbons (Fsp3) is 0.103. The lowest BCUT2D eigenvalue weighted by molar-refractivity contribution is 0.0947. The molecular formula is C29H23ClN2O3S.